The van der Waals surface area contributed by atoms with Gasteiger partial charge < -0.3 is 10.2 Å². The molecule has 0 aliphatic rings. The highest BCUT2D eigenvalue weighted by Gasteiger charge is 2.07. The molecule has 6 heteroatoms. The third kappa shape index (κ3) is 3.47. The predicted molar refractivity (Wildman–Crippen MR) is 59.1 cm³/mol. The number of nitrogens with one attached hydrogen (secondary N) is 1. The second-order valence-corrected chi connectivity index (χ2v) is 4.04. The van der Waals surface area contributed by atoms with Gasteiger partial charge in [-0.25, -0.2) is 9.37 Å². The Balaban J connectivity index is 2.62. The Morgan fingerprint density at radius 3 is 2.87 bits per heavy atom. The highest BCUT2D eigenvalue weighted by Crippen LogP contribution is 2.15. The lowest BCUT2D eigenvalue weighted by atomic mass is 10.4. The summed E-state index contributed by atoms with van der Waals surface area (Å²) >= 11 is 3.09. The molecule has 0 aliphatic carbocycles. The number of hydrogen-bond acceptors (Lipinski definition) is 3. The number of amides is 1. The van der Waals surface area contributed by atoms with E-state index in [1.807, 2.05) is 0 Å². The molecule has 0 spiro atoms. The first-order valence-electron chi connectivity index (χ1n) is 4.26. The van der Waals surface area contributed by atoms with Crippen LogP contribution < -0.4 is 5.32 Å². The molecular formula is C9H11BrFN3O. The average molecular weight is 276 g/mol. The van der Waals surface area contributed by atoms with E-state index >= 15 is 0 Å². The fourth-order valence-corrected chi connectivity index (χ4v) is 1.17. The number of carbonyl (C=O) groups excluding carboxylic acids is 1. The molecule has 0 bridgehead atoms. The molecule has 0 saturated carbocycles. The third-order valence-corrected chi connectivity index (χ3v) is 2.15. The van der Waals surface area contributed by atoms with Gasteiger partial charge in [-0.05, 0) is 22.0 Å². The standard InChI is InChI=1S/C9H11BrFN3O/c1-14(2)8(15)5-13-9-7(11)3-6(10)4-12-9/h3-4H,5H2,1-2H3,(H,12,13). The zero-order chi connectivity index (χ0) is 11.4. The number of rotatable bonds is 3. The van der Waals surface area contributed by atoms with Gasteiger partial charge in [-0.15, -0.1) is 0 Å². The number of likely N-dealkylation sites (N-methyl/N-ethyl adjacent to an activating group) is 1. The summed E-state index contributed by atoms with van der Waals surface area (Å²) in [5.74, 6) is -0.552. The molecule has 0 aromatic carbocycles. The SMILES string of the molecule is CN(C)C(=O)CNc1ncc(Br)cc1F. The van der Waals surface area contributed by atoms with Crippen molar-refractivity contribution < 1.29 is 9.18 Å². The summed E-state index contributed by atoms with van der Waals surface area (Å²) in [6, 6.07) is 1.29. The summed E-state index contributed by atoms with van der Waals surface area (Å²) in [6.45, 7) is 0.0263. The average Bonchev–Trinajstić information content (AvgIpc) is 2.15. The molecule has 0 aliphatic heterocycles. The molecule has 0 saturated heterocycles. The molecule has 0 unspecified atom stereocenters. The van der Waals surface area contributed by atoms with Gasteiger partial charge in [0, 0.05) is 24.8 Å². The number of hydrogen-bond donors (Lipinski definition) is 1. The van der Waals surface area contributed by atoms with Crippen LogP contribution >= 0.6 is 15.9 Å². The van der Waals surface area contributed by atoms with Crippen molar-refractivity contribution in [2.24, 2.45) is 0 Å². The molecule has 1 heterocycles. The van der Waals surface area contributed by atoms with Crippen LogP contribution in [0.15, 0.2) is 16.7 Å². The van der Waals surface area contributed by atoms with Crippen LogP contribution in [0, 0.1) is 5.82 Å². The van der Waals surface area contributed by atoms with Crippen molar-refractivity contribution in [2.75, 3.05) is 26.0 Å². The van der Waals surface area contributed by atoms with Crippen molar-refractivity contribution in [1.29, 1.82) is 0 Å². The fraction of sp³-hybridized carbons (Fsp3) is 0.333. The number of pyridine rings is 1. The summed E-state index contributed by atoms with van der Waals surface area (Å²) in [6.07, 6.45) is 1.46. The molecule has 0 radical (unpaired) electrons. The Labute approximate surface area is 95.6 Å². The van der Waals surface area contributed by atoms with Crippen LogP contribution in [0.5, 0.6) is 0 Å². The smallest absolute Gasteiger partial charge is 0.241 e. The van der Waals surface area contributed by atoms with Gasteiger partial charge >= 0.3 is 0 Å². The second kappa shape index (κ2) is 5.06. The largest absolute Gasteiger partial charge is 0.359 e. The predicted octanol–water partition coefficient (Wildman–Crippen LogP) is 1.48. The summed E-state index contributed by atoms with van der Waals surface area (Å²) in [7, 11) is 3.27. The highest BCUT2D eigenvalue weighted by atomic mass is 79.9. The van der Waals surface area contributed by atoms with Crippen LogP contribution in [-0.2, 0) is 4.79 Å². The molecule has 1 rings (SSSR count). The van der Waals surface area contributed by atoms with Crippen LogP contribution in [0.3, 0.4) is 0 Å². The van der Waals surface area contributed by atoms with Crippen molar-refractivity contribution in [2.45, 2.75) is 0 Å². The molecule has 15 heavy (non-hydrogen) atoms. The van der Waals surface area contributed by atoms with Gasteiger partial charge in [0.2, 0.25) is 5.91 Å². The number of nitrogens with zero attached hydrogens (tertiary/aromatic N) is 2. The maximum absolute atomic E-state index is 13.2. The van der Waals surface area contributed by atoms with Gasteiger partial charge in [-0.3, -0.25) is 4.79 Å². The van der Waals surface area contributed by atoms with Crippen LogP contribution in [0.25, 0.3) is 0 Å². The van der Waals surface area contributed by atoms with E-state index in [1.54, 1.807) is 14.1 Å². The van der Waals surface area contributed by atoms with E-state index in [2.05, 4.69) is 26.2 Å². The van der Waals surface area contributed by atoms with Gasteiger partial charge in [-0.1, -0.05) is 0 Å². The van der Waals surface area contributed by atoms with Gasteiger partial charge in [0.15, 0.2) is 11.6 Å². The fourth-order valence-electron chi connectivity index (χ4n) is 0.862. The van der Waals surface area contributed by atoms with Crippen molar-refractivity contribution in [3.8, 4) is 0 Å². The minimum Gasteiger partial charge on any atom is -0.359 e. The topological polar surface area (TPSA) is 45.2 Å². The molecule has 82 valence electrons. The molecule has 1 aromatic rings. The minimum absolute atomic E-state index is 0.0263. The van der Waals surface area contributed by atoms with Crippen molar-refractivity contribution >= 4 is 27.7 Å². The molecule has 0 fully saturated rings. The van der Waals surface area contributed by atoms with E-state index in [0.717, 1.165) is 0 Å². The van der Waals surface area contributed by atoms with E-state index in [9.17, 15) is 9.18 Å². The zero-order valence-electron chi connectivity index (χ0n) is 8.42. The zero-order valence-corrected chi connectivity index (χ0v) is 10.0. The van der Waals surface area contributed by atoms with E-state index in [-0.39, 0.29) is 18.3 Å². The first kappa shape index (κ1) is 11.9. The second-order valence-electron chi connectivity index (χ2n) is 3.13. The van der Waals surface area contributed by atoms with Crippen LogP contribution in [0.2, 0.25) is 0 Å². The van der Waals surface area contributed by atoms with E-state index in [0.29, 0.717) is 4.47 Å². The monoisotopic (exact) mass is 275 g/mol. The summed E-state index contributed by atoms with van der Waals surface area (Å²) < 4.78 is 13.8. The normalized spacial score (nSPS) is 9.87. The number of aromatic nitrogens is 1. The van der Waals surface area contributed by atoms with Crippen molar-refractivity contribution in [1.82, 2.24) is 9.88 Å². The van der Waals surface area contributed by atoms with E-state index < -0.39 is 5.82 Å². The quantitative estimate of drug-likeness (QED) is 0.909. The lowest BCUT2D eigenvalue weighted by molar-refractivity contribution is -0.126. The van der Waals surface area contributed by atoms with E-state index in [1.165, 1.54) is 17.2 Å². The van der Waals surface area contributed by atoms with Crippen LogP contribution in [-0.4, -0.2) is 36.4 Å². The first-order valence-corrected chi connectivity index (χ1v) is 5.05. The number of carbonyl (C=O) groups is 1. The summed E-state index contributed by atoms with van der Waals surface area (Å²) in [4.78, 5) is 16.4. The maximum atomic E-state index is 13.2. The van der Waals surface area contributed by atoms with E-state index in [4.69, 9.17) is 0 Å². The lowest BCUT2D eigenvalue weighted by Gasteiger charge is -2.11. The Morgan fingerprint density at radius 1 is 1.67 bits per heavy atom. The molecule has 0 atom stereocenters. The van der Waals surface area contributed by atoms with Gasteiger partial charge in [0.1, 0.15) is 0 Å². The first-order chi connectivity index (χ1) is 7.00. The summed E-state index contributed by atoms with van der Waals surface area (Å²) in [5, 5.41) is 2.62. The lowest BCUT2D eigenvalue weighted by Crippen LogP contribution is -2.29. The molecular weight excluding hydrogens is 265 g/mol. The van der Waals surface area contributed by atoms with Gasteiger partial charge in [0.05, 0.1) is 6.54 Å². The highest BCUT2D eigenvalue weighted by molar-refractivity contribution is 9.10. The Bertz CT molecular complexity index is 370. The molecule has 1 amide bonds. The molecule has 1 N–H and O–H groups in total. The number of anilines is 1. The van der Waals surface area contributed by atoms with Crippen LogP contribution in [0.1, 0.15) is 0 Å². The Kier molecular flexibility index (Phi) is 4.02. The van der Waals surface area contributed by atoms with Crippen molar-refractivity contribution in [3.63, 3.8) is 0 Å². The molecule has 4 nitrogen and oxygen atoms in total. The summed E-state index contributed by atoms with van der Waals surface area (Å²) in [5.41, 5.74) is 0. The van der Waals surface area contributed by atoms with Gasteiger partial charge in [0.25, 0.3) is 0 Å². The Hall–Kier alpha value is -1.17. The Morgan fingerprint density at radius 2 is 2.33 bits per heavy atom. The van der Waals surface area contributed by atoms with Crippen molar-refractivity contribution in [3.05, 3.63) is 22.6 Å². The number of halogens is 2. The minimum atomic E-state index is -0.490. The van der Waals surface area contributed by atoms with Crippen LogP contribution in [0.4, 0.5) is 10.2 Å². The third-order valence-electron chi connectivity index (χ3n) is 1.71. The molecule has 1 aromatic heterocycles. The van der Waals surface area contributed by atoms with Gasteiger partial charge in [-0.2, -0.15) is 0 Å². The maximum Gasteiger partial charge on any atom is 0.241 e.